The zero-order chi connectivity index (χ0) is 30.2. The molecule has 0 aromatic heterocycles. The van der Waals surface area contributed by atoms with Crippen molar-refractivity contribution >= 4 is 62.7 Å². The highest BCUT2D eigenvalue weighted by Crippen LogP contribution is 2.17. The number of halogens is 1. The normalized spacial score (nSPS) is 11.8. The van der Waals surface area contributed by atoms with E-state index < -0.39 is 48.5 Å². The van der Waals surface area contributed by atoms with Crippen LogP contribution in [0.5, 0.6) is 0 Å². The molecule has 0 saturated carbocycles. The maximum Gasteiger partial charge on any atom is 0.408 e. The molecule has 0 unspecified atom stereocenters. The monoisotopic (exact) mass is 651 g/mol. The van der Waals surface area contributed by atoms with Crippen LogP contribution in [-0.2, 0) is 40.0 Å². The van der Waals surface area contributed by atoms with Gasteiger partial charge in [-0.15, -0.1) is 0 Å². The van der Waals surface area contributed by atoms with Crippen LogP contribution in [0.3, 0.4) is 0 Å². The van der Waals surface area contributed by atoms with Gasteiger partial charge >= 0.3 is 18.0 Å². The molecule has 0 heterocycles. The molecule has 2 atom stereocenters. The van der Waals surface area contributed by atoms with Gasteiger partial charge in [0.2, 0.25) is 16.9 Å². The Balaban J connectivity index is 1.97. The van der Waals surface area contributed by atoms with Crippen LogP contribution in [0.4, 0.5) is 4.79 Å². The number of thioether (sulfide) groups is 1. The van der Waals surface area contributed by atoms with Gasteiger partial charge in [0.05, 0.1) is 14.2 Å². The summed E-state index contributed by atoms with van der Waals surface area (Å²) in [7, 11) is 2.29. The molecule has 12 nitrogen and oxygen atoms in total. The average molecular weight is 653 g/mol. The van der Waals surface area contributed by atoms with Crippen LogP contribution in [0, 0.1) is 0 Å². The lowest BCUT2D eigenvalue weighted by molar-refractivity contribution is -0.143. The molecule has 0 aliphatic heterocycles. The Hall–Kier alpha value is -3.91. The molecule has 3 N–H and O–H groups in total. The van der Waals surface area contributed by atoms with Crippen molar-refractivity contribution in [2.24, 2.45) is 0 Å². The van der Waals surface area contributed by atoms with E-state index in [4.69, 9.17) is 9.47 Å². The van der Waals surface area contributed by atoms with E-state index in [0.717, 1.165) is 36.0 Å². The van der Waals surface area contributed by atoms with Crippen molar-refractivity contribution in [3.8, 4) is 0 Å². The number of ether oxygens (including phenoxy) is 3. The number of carbonyl (C=O) groups excluding carboxylic acids is 6. The van der Waals surface area contributed by atoms with E-state index >= 15 is 0 Å². The number of nitrogens with one attached hydrogen (secondary N) is 3. The van der Waals surface area contributed by atoms with E-state index in [-0.39, 0.29) is 30.3 Å². The van der Waals surface area contributed by atoms with Crippen LogP contribution in [0.1, 0.15) is 28.8 Å². The number of esters is 2. The van der Waals surface area contributed by atoms with E-state index in [1.807, 2.05) is 6.07 Å². The Morgan fingerprint density at radius 2 is 1.56 bits per heavy atom. The summed E-state index contributed by atoms with van der Waals surface area (Å²) >= 11 is 4.10. The van der Waals surface area contributed by atoms with Crippen molar-refractivity contribution in [2.75, 3.05) is 26.5 Å². The highest BCUT2D eigenvalue weighted by atomic mass is 79.9. The maximum absolute atomic E-state index is 12.7. The van der Waals surface area contributed by atoms with Gasteiger partial charge in [0.25, 0.3) is 0 Å². The van der Waals surface area contributed by atoms with Gasteiger partial charge in [0, 0.05) is 22.2 Å². The molecule has 220 valence electrons. The van der Waals surface area contributed by atoms with Gasteiger partial charge in [0.1, 0.15) is 25.2 Å². The second-order valence-electron chi connectivity index (χ2n) is 8.34. The van der Waals surface area contributed by atoms with E-state index in [9.17, 15) is 28.8 Å². The van der Waals surface area contributed by atoms with Crippen molar-refractivity contribution < 1.29 is 43.0 Å². The average Bonchev–Trinajstić information content (AvgIpc) is 2.98. The first-order valence-electron chi connectivity index (χ1n) is 12.2. The molecule has 2 aromatic rings. The SMILES string of the molecule is COC(=O)CNC(=O)[C@H](CSC(=O)c1ccc(Br)cc1)NC(=O)CC[C@H](NC(=O)OCc1ccccc1)C(=O)OC. The minimum absolute atomic E-state index is 0.0277. The first-order valence-corrected chi connectivity index (χ1v) is 14.0. The number of amides is 3. The summed E-state index contributed by atoms with van der Waals surface area (Å²) in [6, 6.07) is 13.1. The predicted molar refractivity (Wildman–Crippen MR) is 153 cm³/mol. The fourth-order valence-corrected chi connectivity index (χ4v) is 4.33. The second kappa shape index (κ2) is 17.7. The number of hydrogen-bond acceptors (Lipinski definition) is 10. The largest absolute Gasteiger partial charge is 0.468 e. The third-order valence-corrected chi connectivity index (χ3v) is 6.92. The molecule has 0 aliphatic rings. The molecule has 0 bridgehead atoms. The maximum atomic E-state index is 12.7. The molecule has 0 aliphatic carbocycles. The minimum atomic E-state index is -1.20. The van der Waals surface area contributed by atoms with Crippen molar-refractivity contribution in [3.05, 3.63) is 70.2 Å². The van der Waals surface area contributed by atoms with Gasteiger partial charge in [-0.1, -0.05) is 58.0 Å². The summed E-state index contributed by atoms with van der Waals surface area (Å²) in [6.07, 6.45) is -1.33. The molecule has 2 aromatic carbocycles. The number of benzene rings is 2. The summed E-state index contributed by atoms with van der Waals surface area (Å²) in [5.41, 5.74) is 1.13. The van der Waals surface area contributed by atoms with Crippen LogP contribution >= 0.6 is 27.7 Å². The molecule has 0 saturated heterocycles. The van der Waals surface area contributed by atoms with Crippen LogP contribution in [-0.4, -0.2) is 73.6 Å². The van der Waals surface area contributed by atoms with Gasteiger partial charge in [-0.3, -0.25) is 19.2 Å². The molecule has 3 amide bonds. The molecule has 14 heteroatoms. The third kappa shape index (κ3) is 12.4. The topological polar surface area (TPSA) is 166 Å². The summed E-state index contributed by atoms with van der Waals surface area (Å²) in [4.78, 5) is 73.9. The van der Waals surface area contributed by atoms with Gasteiger partial charge in [-0.2, -0.15) is 0 Å². The number of hydrogen-bond donors (Lipinski definition) is 3. The first-order chi connectivity index (χ1) is 19.6. The van der Waals surface area contributed by atoms with E-state index in [0.29, 0.717) is 5.56 Å². The van der Waals surface area contributed by atoms with Gasteiger partial charge in [-0.25, -0.2) is 9.59 Å². The molecule has 0 radical (unpaired) electrons. The van der Waals surface area contributed by atoms with Crippen LogP contribution < -0.4 is 16.0 Å². The van der Waals surface area contributed by atoms with Crippen LogP contribution in [0.15, 0.2) is 59.1 Å². The second-order valence-corrected chi connectivity index (χ2v) is 10.2. The Kier molecular flexibility index (Phi) is 14.4. The lowest BCUT2D eigenvalue weighted by Gasteiger charge is -2.19. The highest BCUT2D eigenvalue weighted by molar-refractivity contribution is 9.10. The first kappa shape index (κ1) is 33.3. The molecular formula is C27H30BrN3O9S. The van der Waals surface area contributed by atoms with Gasteiger partial charge in [-0.05, 0) is 36.2 Å². The Labute approximate surface area is 249 Å². The zero-order valence-corrected chi connectivity index (χ0v) is 24.7. The molecule has 2 rings (SSSR count). The molecule has 0 spiro atoms. The Morgan fingerprint density at radius 1 is 0.878 bits per heavy atom. The fraction of sp³-hybridized carbons (Fsp3) is 0.333. The smallest absolute Gasteiger partial charge is 0.408 e. The fourth-order valence-electron chi connectivity index (χ4n) is 3.21. The molecular weight excluding hydrogens is 622 g/mol. The summed E-state index contributed by atoms with van der Waals surface area (Å²) in [6.45, 7) is -0.466. The van der Waals surface area contributed by atoms with E-state index in [2.05, 4.69) is 36.6 Å². The summed E-state index contributed by atoms with van der Waals surface area (Å²) in [5.74, 6) is -3.00. The molecule has 41 heavy (non-hydrogen) atoms. The minimum Gasteiger partial charge on any atom is -0.468 e. The Morgan fingerprint density at radius 3 is 2.20 bits per heavy atom. The zero-order valence-electron chi connectivity index (χ0n) is 22.3. The van der Waals surface area contributed by atoms with Crippen molar-refractivity contribution in [1.82, 2.24) is 16.0 Å². The third-order valence-electron chi connectivity index (χ3n) is 5.40. The van der Waals surface area contributed by atoms with Crippen LogP contribution in [0.2, 0.25) is 0 Å². The number of alkyl carbamates (subject to hydrolysis) is 1. The number of methoxy groups -OCH3 is 2. The lowest BCUT2D eigenvalue weighted by atomic mass is 10.1. The number of rotatable bonds is 14. The van der Waals surface area contributed by atoms with E-state index in [1.165, 1.54) is 0 Å². The van der Waals surface area contributed by atoms with Crippen molar-refractivity contribution in [1.29, 1.82) is 0 Å². The van der Waals surface area contributed by atoms with Crippen molar-refractivity contribution in [2.45, 2.75) is 31.5 Å². The summed E-state index contributed by atoms with van der Waals surface area (Å²) in [5, 5.41) is 6.90. The number of carbonyl (C=O) groups is 6. The van der Waals surface area contributed by atoms with Crippen molar-refractivity contribution in [3.63, 3.8) is 0 Å². The quantitative estimate of drug-likeness (QED) is 0.204. The van der Waals surface area contributed by atoms with Gasteiger partial charge < -0.3 is 30.2 Å². The summed E-state index contributed by atoms with van der Waals surface area (Å²) < 4.78 is 15.1. The Bertz CT molecular complexity index is 1210. The standard InChI is InChI=1S/C27H30BrN3O9S/c1-38-23(33)14-29-24(34)21(16-41-26(36)18-8-10-19(28)11-9-18)30-22(32)13-12-20(25(35)39-2)31-27(37)40-15-17-6-4-3-5-7-17/h3-11,20-21H,12-16H2,1-2H3,(H,29,34)(H,30,32)(H,31,37)/t20-,21-/m0/s1. The predicted octanol–water partition coefficient (Wildman–Crippen LogP) is 2.34. The highest BCUT2D eigenvalue weighted by Gasteiger charge is 2.26. The van der Waals surface area contributed by atoms with Gasteiger partial charge in [0.15, 0.2) is 0 Å². The molecule has 0 fully saturated rings. The van der Waals surface area contributed by atoms with Crippen LogP contribution in [0.25, 0.3) is 0 Å². The lowest BCUT2D eigenvalue weighted by Crippen LogP contribution is -2.50. The van der Waals surface area contributed by atoms with E-state index in [1.54, 1.807) is 48.5 Å².